The second kappa shape index (κ2) is 5.50. The fourth-order valence-corrected chi connectivity index (χ4v) is 2.09. The Morgan fingerprint density at radius 3 is 2.58 bits per heavy atom. The van der Waals surface area contributed by atoms with Crippen LogP contribution in [-0.2, 0) is 0 Å². The monoisotopic (exact) mass is 339 g/mol. The van der Waals surface area contributed by atoms with Crippen LogP contribution in [0.25, 0.3) is 0 Å². The highest BCUT2D eigenvalue weighted by Gasteiger charge is 2.11. The Kier molecular flexibility index (Phi) is 3.97. The number of benzene rings is 2. The van der Waals surface area contributed by atoms with Gasteiger partial charge in [0.1, 0.15) is 0 Å². The van der Waals surface area contributed by atoms with Gasteiger partial charge in [0.15, 0.2) is 0 Å². The molecule has 0 aromatic heterocycles. The number of carbonyl (C=O) groups is 1. The Balaban J connectivity index is 2.28. The van der Waals surface area contributed by atoms with Gasteiger partial charge < -0.3 is 16.8 Å². The van der Waals surface area contributed by atoms with Gasteiger partial charge in [-0.05, 0) is 52.3 Å². The molecule has 0 fully saturated rings. The molecule has 2 aromatic rings. The van der Waals surface area contributed by atoms with E-state index in [9.17, 15) is 4.79 Å². The topological polar surface area (TPSA) is 81.1 Å². The number of halogens is 2. The Bertz CT molecular complexity index is 646. The van der Waals surface area contributed by atoms with E-state index in [1.54, 1.807) is 36.4 Å². The number of hydrogen-bond acceptors (Lipinski definition) is 3. The lowest BCUT2D eigenvalue weighted by Gasteiger charge is -2.10. The zero-order valence-corrected chi connectivity index (χ0v) is 12.1. The molecule has 19 heavy (non-hydrogen) atoms. The van der Waals surface area contributed by atoms with Gasteiger partial charge in [-0.2, -0.15) is 0 Å². The number of nitrogen functional groups attached to an aromatic ring is 2. The summed E-state index contributed by atoms with van der Waals surface area (Å²) < 4.78 is 0.735. The van der Waals surface area contributed by atoms with E-state index in [0.717, 1.165) is 4.47 Å². The zero-order valence-electron chi connectivity index (χ0n) is 9.78. The molecule has 1 amide bonds. The first-order chi connectivity index (χ1) is 8.97. The minimum Gasteiger partial charge on any atom is -0.399 e. The average molecular weight is 341 g/mol. The van der Waals surface area contributed by atoms with Gasteiger partial charge in [-0.15, -0.1) is 0 Å². The summed E-state index contributed by atoms with van der Waals surface area (Å²) in [6, 6.07) is 9.87. The SMILES string of the molecule is Nc1ccc(C(=O)Nc2cc(Cl)ccc2Br)c(N)c1. The van der Waals surface area contributed by atoms with Crippen LogP contribution in [0.3, 0.4) is 0 Å². The lowest BCUT2D eigenvalue weighted by Crippen LogP contribution is -2.14. The third kappa shape index (κ3) is 3.19. The number of amides is 1. The molecule has 0 spiro atoms. The molecular formula is C13H11BrClN3O. The van der Waals surface area contributed by atoms with Gasteiger partial charge in [0.2, 0.25) is 0 Å². The fourth-order valence-electron chi connectivity index (χ4n) is 1.57. The highest BCUT2D eigenvalue weighted by molar-refractivity contribution is 9.10. The van der Waals surface area contributed by atoms with Gasteiger partial charge in [0.05, 0.1) is 11.3 Å². The summed E-state index contributed by atoms with van der Waals surface area (Å²) in [5, 5.41) is 3.27. The van der Waals surface area contributed by atoms with Crippen molar-refractivity contribution in [2.24, 2.45) is 0 Å². The Morgan fingerprint density at radius 2 is 1.89 bits per heavy atom. The van der Waals surface area contributed by atoms with E-state index in [2.05, 4.69) is 21.2 Å². The molecule has 0 aliphatic carbocycles. The predicted octanol–water partition coefficient (Wildman–Crippen LogP) is 3.52. The van der Waals surface area contributed by atoms with Crippen molar-refractivity contribution >= 4 is 50.5 Å². The number of nitrogens with two attached hydrogens (primary N) is 2. The van der Waals surface area contributed by atoms with Gasteiger partial charge in [0, 0.05) is 20.9 Å². The van der Waals surface area contributed by atoms with Crippen LogP contribution >= 0.6 is 27.5 Å². The molecule has 4 nitrogen and oxygen atoms in total. The quantitative estimate of drug-likeness (QED) is 0.732. The number of nitrogens with one attached hydrogen (secondary N) is 1. The summed E-state index contributed by atoms with van der Waals surface area (Å²) in [6.07, 6.45) is 0. The van der Waals surface area contributed by atoms with Crippen molar-refractivity contribution in [1.29, 1.82) is 0 Å². The molecule has 2 rings (SSSR count). The summed E-state index contributed by atoms with van der Waals surface area (Å²) >= 11 is 9.22. The summed E-state index contributed by atoms with van der Waals surface area (Å²) in [7, 11) is 0. The van der Waals surface area contributed by atoms with Crippen LogP contribution in [0.15, 0.2) is 40.9 Å². The van der Waals surface area contributed by atoms with Gasteiger partial charge in [0.25, 0.3) is 5.91 Å². The number of rotatable bonds is 2. The summed E-state index contributed by atoms with van der Waals surface area (Å²) in [5.41, 5.74) is 13.1. The first-order valence-electron chi connectivity index (χ1n) is 5.39. The van der Waals surface area contributed by atoms with Crippen LogP contribution in [0, 0.1) is 0 Å². The van der Waals surface area contributed by atoms with E-state index in [-0.39, 0.29) is 5.91 Å². The Morgan fingerprint density at radius 1 is 1.16 bits per heavy atom. The molecule has 2 aromatic carbocycles. The maximum absolute atomic E-state index is 12.1. The first kappa shape index (κ1) is 13.7. The Labute approximate surface area is 123 Å². The maximum Gasteiger partial charge on any atom is 0.257 e. The van der Waals surface area contributed by atoms with Gasteiger partial charge in [-0.25, -0.2) is 0 Å². The largest absolute Gasteiger partial charge is 0.399 e. The fraction of sp³-hybridized carbons (Fsp3) is 0. The molecule has 0 unspecified atom stereocenters. The molecule has 0 heterocycles. The minimum atomic E-state index is -0.319. The van der Waals surface area contributed by atoms with E-state index in [4.69, 9.17) is 23.1 Å². The highest BCUT2D eigenvalue weighted by Crippen LogP contribution is 2.27. The zero-order chi connectivity index (χ0) is 14.0. The summed E-state index contributed by atoms with van der Waals surface area (Å²) in [4.78, 5) is 12.1. The van der Waals surface area contributed by atoms with Crippen molar-refractivity contribution in [2.75, 3.05) is 16.8 Å². The van der Waals surface area contributed by atoms with Gasteiger partial charge in [-0.3, -0.25) is 4.79 Å². The molecular weight excluding hydrogens is 330 g/mol. The predicted molar refractivity (Wildman–Crippen MR) is 82.4 cm³/mol. The molecule has 0 atom stereocenters. The normalized spacial score (nSPS) is 10.2. The summed E-state index contributed by atoms with van der Waals surface area (Å²) in [5.74, 6) is -0.319. The van der Waals surface area contributed by atoms with Crippen LogP contribution in [0.4, 0.5) is 17.1 Å². The van der Waals surface area contributed by atoms with Crippen molar-refractivity contribution in [2.45, 2.75) is 0 Å². The molecule has 0 aliphatic rings. The Hall–Kier alpha value is -1.72. The van der Waals surface area contributed by atoms with Crippen LogP contribution < -0.4 is 16.8 Å². The minimum absolute atomic E-state index is 0.319. The standard InChI is InChI=1S/C13H11BrClN3O/c14-10-4-1-7(15)5-12(10)18-13(19)9-3-2-8(16)6-11(9)17/h1-6H,16-17H2,(H,18,19). The first-order valence-corrected chi connectivity index (χ1v) is 6.56. The van der Waals surface area contributed by atoms with E-state index in [1.807, 2.05) is 0 Å². The third-order valence-electron chi connectivity index (χ3n) is 2.50. The van der Waals surface area contributed by atoms with Crippen LogP contribution in [0.1, 0.15) is 10.4 Å². The van der Waals surface area contributed by atoms with E-state index in [1.165, 1.54) is 0 Å². The molecule has 0 bridgehead atoms. The third-order valence-corrected chi connectivity index (χ3v) is 3.42. The van der Waals surface area contributed by atoms with Crippen LogP contribution in [-0.4, -0.2) is 5.91 Å². The maximum atomic E-state index is 12.1. The number of hydrogen-bond donors (Lipinski definition) is 3. The molecule has 0 saturated carbocycles. The van der Waals surface area contributed by atoms with E-state index in [0.29, 0.717) is 27.6 Å². The average Bonchev–Trinajstić information content (AvgIpc) is 2.33. The lowest BCUT2D eigenvalue weighted by atomic mass is 10.1. The van der Waals surface area contributed by atoms with Crippen molar-refractivity contribution in [3.8, 4) is 0 Å². The summed E-state index contributed by atoms with van der Waals surface area (Å²) in [6.45, 7) is 0. The van der Waals surface area contributed by atoms with Gasteiger partial charge >= 0.3 is 0 Å². The van der Waals surface area contributed by atoms with Crippen LogP contribution in [0.5, 0.6) is 0 Å². The van der Waals surface area contributed by atoms with E-state index >= 15 is 0 Å². The van der Waals surface area contributed by atoms with Gasteiger partial charge in [-0.1, -0.05) is 11.6 Å². The van der Waals surface area contributed by atoms with Crippen molar-refractivity contribution in [3.63, 3.8) is 0 Å². The second-order valence-electron chi connectivity index (χ2n) is 3.92. The molecule has 98 valence electrons. The molecule has 0 aliphatic heterocycles. The lowest BCUT2D eigenvalue weighted by molar-refractivity contribution is 0.102. The second-order valence-corrected chi connectivity index (χ2v) is 5.22. The molecule has 0 radical (unpaired) electrons. The van der Waals surface area contributed by atoms with Crippen molar-refractivity contribution in [1.82, 2.24) is 0 Å². The smallest absolute Gasteiger partial charge is 0.257 e. The molecule has 6 heteroatoms. The molecule has 5 N–H and O–H groups in total. The van der Waals surface area contributed by atoms with Crippen molar-refractivity contribution in [3.05, 3.63) is 51.5 Å². The van der Waals surface area contributed by atoms with Crippen LogP contribution in [0.2, 0.25) is 5.02 Å². The van der Waals surface area contributed by atoms with Crippen molar-refractivity contribution < 1.29 is 4.79 Å². The van der Waals surface area contributed by atoms with E-state index < -0.39 is 0 Å². The molecule has 0 saturated heterocycles. The number of carbonyl (C=O) groups excluding carboxylic acids is 1. The highest BCUT2D eigenvalue weighted by atomic mass is 79.9. The number of anilines is 3.